The van der Waals surface area contributed by atoms with E-state index in [1.165, 1.54) is 12.1 Å². The Labute approximate surface area is 190 Å². The Morgan fingerprint density at radius 3 is 2.55 bits per heavy atom. The highest BCUT2D eigenvalue weighted by atomic mass is 19.4. The fourth-order valence-corrected chi connectivity index (χ4v) is 4.24. The van der Waals surface area contributed by atoms with Crippen LogP contribution < -0.4 is 5.32 Å². The molecule has 1 amide bonds. The molecule has 0 spiro atoms. The van der Waals surface area contributed by atoms with E-state index in [4.69, 9.17) is 0 Å². The summed E-state index contributed by atoms with van der Waals surface area (Å²) in [5.74, 6) is 0.0369. The van der Waals surface area contributed by atoms with E-state index in [1.54, 1.807) is 18.6 Å². The van der Waals surface area contributed by atoms with E-state index >= 15 is 0 Å². The zero-order valence-corrected chi connectivity index (χ0v) is 18.4. The Hall–Kier alpha value is -3.26. The van der Waals surface area contributed by atoms with E-state index in [2.05, 4.69) is 34.0 Å². The van der Waals surface area contributed by atoms with Crippen molar-refractivity contribution in [3.8, 4) is 0 Å². The molecule has 1 aromatic carbocycles. The van der Waals surface area contributed by atoms with Crippen LogP contribution >= 0.6 is 0 Å². The second kappa shape index (κ2) is 9.31. The maximum Gasteiger partial charge on any atom is 0.416 e. The number of carbonyl (C=O) groups is 1. The third-order valence-electron chi connectivity index (χ3n) is 5.78. The van der Waals surface area contributed by atoms with Crippen molar-refractivity contribution in [2.75, 3.05) is 0 Å². The molecule has 33 heavy (non-hydrogen) atoms. The molecule has 8 heteroatoms. The van der Waals surface area contributed by atoms with Crippen molar-refractivity contribution >= 4 is 5.91 Å². The van der Waals surface area contributed by atoms with Crippen LogP contribution in [0.3, 0.4) is 0 Å². The highest BCUT2D eigenvalue weighted by Crippen LogP contribution is 2.39. The molecule has 0 bridgehead atoms. The molecule has 5 nitrogen and oxygen atoms in total. The maximum atomic E-state index is 12.9. The van der Waals surface area contributed by atoms with Gasteiger partial charge in [0.1, 0.15) is 0 Å². The number of rotatable bonds is 6. The third-order valence-corrected chi connectivity index (χ3v) is 5.78. The van der Waals surface area contributed by atoms with Gasteiger partial charge in [0.05, 0.1) is 22.9 Å². The molecule has 1 aliphatic heterocycles. The van der Waals surface area contributed by atoms with Gasteiger partial charge in [0, 0.05) is 38.2 Å². The number of fused-ring (bicyclic) bond motifs is 1. The van der Waals surface area contributed by atoms with Gasteiger partial charge in [0.2, 0.25) is 0 Å². The fraction of sp³-hybridized carbons (Fsp3) is 0.320. The Kier molecular flexibility index (Phi) is 6.47. The van der Waals surface area contributed by atoms with E-state index in [1.807, 2.05) is 18.2 Å². The lowest BCUT2D eigenvalue weighted by molar-refractivity contribution is -0.137. The second-order valence-corrected chi connectivity index (χ2v) is 8.60. The smallest absolute Gasteiger partial charge is 0.348 e. The van der Waals surface area contributed by atoms with Crippen molar-refractivity contribution in [2.24, 2.45) is 5.92 Å². The molecule has 1 atom stereocenters. The van der Waals surface area contributed by atoms with E-state index in [0.29, 0.717) is 25.2 Å². The van der Waals surface area contributed by atoms with Crippen LogP contribution in [0.1, 0.15) is 58.2 Å². The van der Waals surface area contributed by atoms with Crippen LogP contribution in [0.2, 0.25) is 0 Å². The third kappa shape index (κ3) is 5.22. The molecule has 0 fully saturated rings. The molecular formula is C25H25F3N4O. The summed E-state index contributed by atoms with van der Waals surface area (Å²) >= 11 is 0. The summed E-state index contributed by atoms with van der Waals surface area (Å²) in [7, 11) is 0. The van der Waals surface area contributed by atoms with Crippen LogP contribution in [-0.2, 0) is 25.8 Å². The molecule has 172 valence electrons. The summed E-state index contributed by atoms with van der Waals surface area (Å²) < 4.78 is 38.6. The Morgan fingerprint density at radius 2 is 1.91 bits per heavy atom. The van der Waals surface area contributed by atoms with Gasteiger partial charge in [0.15, 0.2) is 0 Å². The molecule has 1 aliphatic rings. The Morgan fingerprint density at radius 1 is 1.15 bits per heavy atom. The number of nitrogens with zero attached hydrogens (tertiary/aromatic N) is 3. The zero-order valence-electron chi connectivity index (χ0n) is 18.4. The largest absolute Gasteiger partial charge is 0.416 e. The minimum absolute atomic E-state index is 0.0230. The van der Waals surface area contributed by atoms with Crippen LogP contribution in [0, 0.1) is 5.92 Å². The van der Waals surface area contributed by atoms with Crippen molar-refractivity contribution in [1.29, 1.82) is 0 Å². The lowest BCUT2D eigenvalue weighted by Crippen LogP contribution is -2.25. The van der Waals surface area contributed by atoms with Gasteiger partial charge in [-0.05, 0) is 46.9 Å². The number of alkyl halides is 3. The van der Waals surface area contributed by atoms with E-state index in [0.717, 1.165) is 34.5 Å². The minimum atomic E-state index is -4.35. The normalized spacial score (nSPS) is 16.1. The number of aromatic nitrogens is 2. The van der Waals surface area contributed by atoms with Crippen LogP contribution in [0.4, 0.5) is 13.2 Å². The summed E-state index contributed by atoms with van der Waals surface area (Å²) in [4.78, 5) is 23.5. The quantitative estimate of drug-likeness (QED) is 0.561. The average Bonchev–Trinajstić information content (AvgIpc) is 3.15. The zero-order chi connectivity index (χ0) is 23.6. The predicted molar refractivity (Wildman–Crippen MR) is 118 cm³/mol. The van der Waals surface area contributed by atoms with Crippen LogP contribution in [0.25, 0.3) is 0 Å². The molecule has 0 radical (unpaired) electrons. The van der Waals surface area contributed by atoms with Crippen molar-refractivity contribution < 1.29 is 18.0 Å². The highest BCUT2D eigenvalue weighted by molar-refractivity contribution is 5.94. The molecular weight excluding hydrogens is 429 g/mol. The lowest BCUT2D eigenvalue weighted by Gasteiger charge is -2.27. The summed E-state index contributed by atoms with van der Waals surface area (Å²) in [5.41, 5.74) is 3.42. The molecule has 0 saturated heterocycles. The topological polar surface area (TPSA) is 58.1 Å². The summed E-state index contributed by atoms with van der Waals surface area (Å²) in [6, 6.07) is 10.9. The van der Waals surface area contributed by atoms with Crippen LogP contribution in [-0.4, -0.2) is 20.8 Å². The van der Waals surface area contributed by atoms with Gasteiger partial charge in [-0.25, -0.2) is 0 Å². The number of hydrogen-bond donors (Lipinski definition) is 1. The Balaban J connectivity index is 1.48. The second-order valence-electron chi connectivity index (χ2n) is 8.60. The standard InChI is InChI=1S/C25H25F3N4O/c1-16(2)23-22-20(15-32(23)14-17-5-7-21(8-6-17)25(26,27)28)10-19(13-30-22)24(33)31-12-18-4-3-9-29-11-18/h3-11,13,16,23H,12,14-15H2,1-2H3,(H,31,33)/t23-/m0/s1. The van der Waals surface area contributed by atoms with Crippen molar-refractivity contribution in [1.82, 2.24) is 20.2 Å². The van der Waals surface area contributed by atoms with E-state index < -0.39 is 11.7 Å². The number of pyridine rings is 2. The first-order chi connectivity index (χ1) is 15.7. The molecule has 0 unspecified atom stereocenters. The minimum Gasteiger partial charge on any atom is -0.348 e. The number of carbonyl (C=O) groups excluding carboxylic acids is 1. The van der Waals surface area contributed by atoms with Gasteiger partial charge in [-0.2, -0.15) is 13.2 Å². The molecule has 2 aromatic heterocycles. The number of amides is 1. The first-order valence-electron chi connectivity index (χ1n) is 10.8. The van der Waals surface area contributed by atoms with Gasteiger partial charge in [-0.3, -0.25) is 19.7 Å². The molecule has 0 saturated carbocycles. The number of nitrogens with one attached hydrogen (secondary N) is 1. The average molecular weight is 454 g/mol. The molecule has 1 N–H and O–H groups in total. The Bertz CT molecular complexity index is 1110. The van der Waals surface area contributed by atoms with Gasteiger partial charge in [-0.1, -0.05) is 32.0 Å². The highest BCUT2D eigenvalue weighted by Gasteiger charge is 2.35. The van der Waals surface area contributed by atoms with Crippen molar-refractivity contribution in [3.63, 3.8) is 0 Å². The van der Waals surface area contributed by atoms with Gasteiger partial charge < -0.3 is 5.32 Å². The lowest BCUT2D eigenvalue weighted by atomic mass is 9.99. The number of hydrogen-bond acceptors (Lipinski definition) is 4. The molecule has 0 aliphatic carbocycles. The first-order valence-corrected chi connectivity index (χ1v) is 10.8. The van der Waals surface area contributed by atoms with Crippen LogP contribution in [0.15, 0.2) is 61.1 Å². The monoisotopic (exact) mass is 454 g/mol. The SMILES string of the molecule is CC(C)[C@H]1c2ncc(C(=O)NCc3cccnc3)cc2CN1Cc1ccc(C(F)(F)F)cc1. The van der Waals surface area contributed by atoms with Crippen LogP contribution in [0.5, 0.6) is 0 Å². The summed E-state index contributed by atoms with van der Waals surface area (Å²) in [6.45, 7) is 5.64. The number of benzene rings is 1. The number of halogens is 3. The van der Waals surface area contributed by atoms with E-state index in [-0.39, 0.29) is 17.9 Å². The van der Waals surface area contributed by atoms with E-state index in [9.17, 15) is 18.0 Å². The van der Waals surface area contributed by atoms with Crippen molar-refractivity contribution in [2.45, 2.75) is 45.7 Å². The van der Waals surface area contributed by atoms with Crippen molar-refractivity contribution in [3.05, 3.63) is 94.6 Å². The fourth-order valence-electron chi connectivity index (χ4n) is 4.24. The predicted octanol–water partition coefficient (Wildman–Crippen LogP) is 5.14. The van der Waals surface area contributed by atoms with Gasteiger partial charge >= 0.3 is 6.18 Å². The summed E-state index contributed by atoms with van der Waals surface area (Å²) in [5, 5.41) is 2.88. The molecule has 3 aromatic rings. The molecule has 3 heterocycles. The summed E-state index contributed by atoms with van der Waals surface area (Å²) in [6.07, 6.45) is 0.625. The maximum absolute atomic E-state index is 12.9. The first kappa shape index (κ1) is 22.9. The van der Waals surface area contributed by atoms with Gasteiger partial charge in [-0.15, -0.1) is 0 Å². The molecule has 4 rings (SSSR count). The van der Waals surface area contributed by atoms with Gasteiger partial charge in [0.25, 0.3) is 5.91 Å².